The number of nitrogens with one attached hydrogen (secondary N) is 1. The minimum atomic E-state index is -0.0442. The number of aryl methyl sites for hydroxylation is 1. The van der Waals surface area contributed by atoms with E-state index in [9.17, 15) is 9.59 Å². The number of amides is 2. The Morgan fingerprint density at radius 3 is 2.96 bits per heavy atom. The van der Waals surface area contributed by atoms with Crippen LogP contribution in [0.15, 0.2) is 18.2 Å². The molecule has 24 heavy (non-hydrogen) atoms. The number of nitrogens with zero attached hydrogens (tertiary/aromatic N) is 2. The van der Waals surface area contributed by atoms with E-state index in [1.165, 1.54) is 12.8 Å². The number of piperazine rings is 1. The zero-order valence-corrected chi connectivity index (χ0v) is 14.3. The van der Waals surface area contributed by atoms with Gasteiger partial charge in [-0.25, -0.2) is 4.79 Å². The lowest BCUT2D eigenvalue weighted by Gasteiger charge is -2.42. The van der Waals surface area contributed by atoms with E-state index in [4.69, 9.17) is 0 Å². The minimum Gasteiger partial charge on any atom is -0.319 e. The monoisotopic (exact) mass is 327 g/mol. The molecule has 1 aliphatic carbocycles. The summed E-state index contributed by atoms with van der Waals surface area (Å²) in [5.41, 5.74) is 2.62. The molecule has 1 aromatic rings. The van der Waals surface area contributed by atoms with Gasteiger partial charge in [-0.3, -0.25) is 9.69 Å². The number of hydrogen-bond acceptors (Lipinski definition) is 3. The summed E-state index contributed by atoms with van der Waals surface area (Å²) < 4.78 is 0. The number of rotatable bonds is 1. The number of carbonyl (C=O) groups is 2. The van der Waals surface area contributed by atoms with Gasteiger partial charge >= 0.3 is 6.03 Å². The van der Waals surface area contributed by atoms with Crippen LogP contribution in [-0.4, -0.2) is 53.3 Å². The molecule has 2 aliphatic heterocycles. The third kappa shape index (κ3) is 2.81. The molecular formula is C19H25N3O2. The van der Waals surface area contributed by atoms with E-state index in [-0.39, 0.29) is 17.9 Å². The minimum absolute atomic E-state index is 0.0442. The molecule has 0 spiro atoms. The van der Waals surface area contributed by atoms with Gasteiger partial charge < -0.3 is 10.2 Å². The second kappa shape index (κ2) is 6.20. The van der Waals surface area contributed by atoms with Crippen molar-refractivity contribution >= 4 is 17.5 Å². The lowest BCUT2D eigenvalue weighted by molar-refractivity contribution is 0.0861. The average molecular weight is 327 g/mol. The van der Waals surface area contributed by atoms with Gasteiger partial charge in [0.1, 0.15) is 0 Å². The highest BCUT2D eigenvalue weighted by molar-refractivity contribution is 6.00. The first-order chi connectivity index (χ1) is 11.6. The van der Waals surface area contributed by atoms with Gasteiger partial charge in [0, 0.05) is 42.8 Å². The summed E-state index contributed by atoms with van der Waals surface area (Å²) in [6.45, 7) is 5.04. The SMILES string of the molecule is C[C@@H]1CN2CCC[C@H]2CN1C(=O)Nc1ccc2c(c1)C(=O)CCC2. The first kappa shape index (κ1) is 15.6. The summed E-state index contributed by atoms with van der Waals surface area (Å²) in [6, 6.07) is 6.45. The summed E-state index contributed by atoms with van der Waals surface area (Å²) in [7, 11) is 0. The van der Waals surface area contributed by atoms with E-state index >= 15 is 0 Å². The fraction of sp³-hybridized carbons (Fsp3) is 0.579. The highest BCUT2D eigenvalue weighted by Crippen LogP contribution is 2.27. The summed E-state index contributed by atoms with van der Waals surface area (Å²) in [5.74, 6) is 0.195. The Bertz CT molecular complexity index is 673. The van der Waals surface area contributed by atoms with E-state index in [0.29, 0.717) is 12.5 Å². The Hall–Kier alpha value is -1.88. The lowest BCUT2D eigenvalue weighted by Crippen LogP contribution is -2.57. The van der Waals surface area contributed by atoms with Crippen LogP contribution in [0.1, 0.15) is 48.5 Å². The largest absolute Gasteiger partial charge is 0.322 e. The molecule has 3 aliphatic rings. The standard InChI is InChI=1S/C19H25N3O2/c1-13-11-21-9-3-5-16(21)12-22(13)19(24)20-15-8-7-14-4-2-6-18(23)17(14)10-15/h7-8,10,13,16H,2-6,9,11-12H2,1H3,(H,20,24)/t13-,16+/m1/s1. The number of anilines is 1. The van der Waals surface area contributed by atoms with Gasteiger partial charge in [-0.1, -0.05) is 6.07 Å². The molecule has 2 heterocycles. The van der Waals surface area contributed by atoms with Crippen molar-refractivity contribution in [1.82, 2.24) is 9.80 Å². The highest BCUT2D eigenvalue weighted by Gasteiger charge is 2.36. The quantitative estimate of drug-likeness (QED) is 0.863. The molecule has 5 nitrogen and oxygen atoms in total. The molecule has 0 radical (unpaired) electrons. The van der Waals surface area contributed by atoms with Gasteiger partial charge in [-0.05, 0) is 56.8 Å². The molecule has 5 heteroatoms. The summed E-state index contributed by atoms with van der Waals surface area (Å²) in [5, 5.41) is 3.01. The lowest BCUT2D eigenvalue weighted by atomic mass is 9.90. The number of fused-ring (bicyclic) bond motifs is 2. The van der Waals surface area contributed by atoms with Crippen molar-refractivity contribution in [2.24, 2.45) is 0 Å². The average Bonchev–Trinajstić information content (AvgIpc) is 3.02. The van der Waals surface area contributed by atoms with Gasteiger partial charge in [-0.2, -0.15) is 0 Å². The van der Waals surface area contributed by atoms with Gasteiger partial charge in [0.05, 0.1) is 0 Å². The van der Waals surface area contributed by atoms with Crippen LogP contribution in [0.5, 0.6) is 0 Å². The van der Waals surface area contributed by atoms with Crippen molar-refractivity contribution in [3.8, 4) is 0 Å². The number of ketones is 1. The Balaban J connectivity index is 1.48. The maximum absolute atomic E-state index is 12.7. The first-order valence-corrected chi connectivity index (χ1v) is 9.09. The third-order valence-electron chi connectivity index (χ3n) is 5.71. The van der Waals surface area contributed by atoms with Crippen molar-refractivity contribution < 1.29 is 9.59 Å². The van der Waals surface area contributed by atoms with Crippen molar-refractivity contribution in [2.45, 2.75) is 51.1 Å². The highest BCUT2D eigenvalue weighted by atomic mass is 16.2. The molecular weight excluding hydrogens is 302 g/mol. The normalized spacial score (nSPS) is 26.9. The number of urea groups is 1. The predicted octanol–water partition coefficient (Wildman–Crippen LogP) is 2.91. The molecule has 2 amide bonds. The third-order valence-corrected chi connectivity index (χ3v) is 5.71. The van der Waals surface area contributed by atoms with Crippen LogP contribution >= 0.6 is 0 Å². The molecule has 0 aromatic heterocycles. The predicted molar refractivity (Wildman–Crippen MR) is 93.5 cm³/mol. The van der Waals surface area contributed by atoms with Crippen LogP contribution < -0.4 is 5.32 Å². The van der Waals surface area contributed by atoms with E-state index in [1.807, 2.05) is 23.1 Å². The Kier molecular flexibility index (Phi) is 4.04. The van der Waals surface area contributed by atoms with Crippen molar-refractivity contribution in [2.75, 3.05) is 25.0 Å². The van der Waals surface area contributed by atoms with Crippen molar-refractivity contribution in [3.63, 3.8) is 0 Å². The van der Waals surface area contributed by atoms with E-state index in [2.05, 4.69) is 17.1 Å². The van der Waals surface area contributed by atoms with E-state index in [1.54, 1.807) is 0 Å². The summed E-state index contributed by atoms with van der Waals surface area (Å²) >= 11 is 0. The molecule has 0 unspecified atom stereocenters. The number of hydrogen-bond donors (Lipinski definition) is 1. The van der Waals surface area contributed by atoms with Crippen LogP contribution in [0, 0.1) is 0 Å². The molecule has 0 bridgehead atoms. The summed E-state index contributed by atoms with van der Waals surface area (Å²) in [6.07, 6.45) is 4.92. The molecule has 128 valence electrons. The number of carbonyl (C=O) groups excluding carboxylic acids is 2. The fourth-order valence-electron chi connectivity index (χ4n) is 4.37. The molecule has 2 fully saturated rings. The molecule has 2 saturated heterocycles. The van der Waals surface area contributed by atoms with Gasteiger partial charge in [-0.15, -0.1) is 0 Å². The Labute approximate surface area is 143 Å². The molecule has 1 N–H and O–H groups in total. The topological polar surface area (TPSA) is 52.6 Å². The second-order valence-corrected chi connectivity index (χ2v) is 7.37. The van der Waals surface area contributed by atoms with Crippen molar-refractivity contribution in [1.29, 1.82) is 0 Å². The second-order valence-electron chi connectivity index (χ2n) is 7.37. The van der Waals surface area contributed by atoms with Gasteiger partial charge in [0.15, 0.2) is 5.78 Å². The zero-order chi connectivity index (χ0) is 16.7. The molecule has 1 aromatic carbocycles. The molecule has 0 saturated carbocycles. The van der Waals surface area contributed by atoms with Gasteiger partial charge in [0.2, 0.25) is 0 Å². The Morgan fingerprint density at radius 1 is 1.21 bits per heavy atom. The van der Waals surface area contributed by atoms with Gasteiger partial charge in [0.25, 0.3) is 0 Å². The van der Waals surface area contributed by atoms with Crippen molar-refractivity contribution in [3.05, 3.63) is 29.3 Å². The van der Waals surface area contributed by atoms with Crippen LogP contribution in [0.25, 0.3) is 0 Å². The molecule has 4 rings (SSSR count). The smallest absolute Gasteiger partial charge is 0.319 e. The Morgan fingerprint density at radius 2 is 2.08 bits per heavy atom. The maximum atomic E-state index is 12.7. The van der Waals surface area contributed by atoms with Crippen LogP contribution in [0.4, 0.5) is 10.5 Å². The number of Topliss-reactive ketones (excluding diaryl/α,β-unsaturated/α-hetero) is 1. The molecule has 2 atom stereocenters. The number of benzene rings is 1. The van der Waals surface area contributed by atoms with Crippen LogP contribution in [0.2, 0.25) is 0 Å². The van der Waals surface area contributed by atoms with E-state index in [0.717, 1.165) is 49.3 Å². The zero-order valence-electron chi connectivity index (χ0n) is 14.3. The van der Waals surface area contributed by atoms with Crippen LogP contribution in [0.3, 0.4) is 0 Å². The first-order valence-electron chi connectivity index (χ1n) is 9.09. The van der Waals surface area contributed by atoms with E-state index < -0.39 is 0 Å². The van der Waals surface area contributed by atoms with Crippen LogP contribution in [-0.2, 0) is 6.42 Å². The summed E-state index contributed by atoms with van der Waals surface area (Å²) in [4.78, 5) is 29.3. The fourth-order valence-corrected chi connectivity index (χ4v) is 4.37. The maximum Gasteiger partial charge on any atom is 0.322 e.